The first kappa shape index (κ1) is 41.2. The van der Waals surface area contributed by atoms with Crippen LogP contribution in [0.5, 0.6) is 0 Å². The zero-order chi connectivity index (χ0) is 39.6. The number of carbonyl (C=O) groups is 1. The molecule has 4 saturated carbocycles. The van der Waals surface area contributed by atoms with Gasteiger partial charge in [0.05, 0.1) is 24.1 Å². The number of thioether (sulfide) groups is 1. The van der Waals surface area contributed by atoms with Crippen LogP contribution >= 0.6 is 11.8 Å². The second-order valence-electron chi connectivity index (χ2n) is 21.9. The monoisotopic (exact) mass is 834 g/mol. The van der Waals surface area contributed by atoms with Crippen molar-refractivity contribution in [1.82, 2.24) is 0 Å². The zero-order valence-corrected chi connectivity index (χ0v) is 39.4. The summed E-state index contributed by atoms with van der Waals surface area (Å²) in [5.41, 5.74) is 7.64. The van der Waals surface area contributed by atoms with Crippen molar-refractivity contribution in [3.05, 3.63) is 11.6 Å². The lowest BCUT2D eigenvalue weighted by Gasteiger charge is -2.68. The molecule has 0 amide bonds. The van der Waals surface area contributed by atoms with Gasteiger partial charge in [-0.25, -0.2) is 9.79 Å². The number of ether oxygens (including phenoxy) is 4. The van der Waals surface area contributed by atoms with Crippen molar-refractivity contribution in [2.24, 2.45) is 50.6 Å². The number of hydrogen-bond donors (Lipinski definition) is 1. The molecule has 55 heavy (non-hydrogen) atoms. The third-order valence-electron chi connectivity index (χ3n) is 15.2. The van der Waals surface area contributed by atoms with Crippen LogP contribution in [0.15, 0.2) is 16.6 Å². The molecular formula is C41H70N2O8SSi3. The number of fused-ring (bicyclic) bond motifs is 8. The molecule has 1 spiro atoms. The topological polar surface area (TPSA) is 120 Å². The van der Waals surface area contributed by atoms with Crippen LogP contribution in [0.1, 0.15) is 71.6 Å². The highest BCUT2D eigenvalue weighted by molar-refractivity contribution is 8.01. The third kappa shape index (κ3) is 6.87. The van der Waals surface area contributed by atoms with E-state index in [-0.39, 0.29) is 40.5 Å². The number of cyclic esters (lactones) is 1. The molecular weight excluding hydrogens is 765 g/mol. The van der Waals surface area contributed by atoms with Gasteiger partial charge in [0.15, 0.2) is 29.8 Å². The molecule has 8 aliphatic rings. The molecule has 0 bridgehead atoms. The van der Waals surface area contributed by atoms with Crippen LogP contribution in [-0.2, 0) is 37.0 Å². The lowest BCUT2D eigenvalue weighted by molar-refractivity contribution is -0.440. The van der Waals surface area contributed by atoms with Crippen molar-refractivity contribution in [3.63, 3.8) is 0 Å². The Labute approximate surface area is 337 Å². The summed E-state index contributed by atoms with van der Waals surface area (Å²) >= 11 is 1.74. The van der Waals surface area contributed by atoms with E-state index in [4.69, 9.17) is 43.0 Å². The van der Waals surface area contributed by atoms with Gasteiger partial charge in [-0.3, -0.25) is 0 Å². The minimum atomic E-state index is -2.23. The first-order valence-electron chi connectivity index (χ1n) is 21.3. The summed E-state index contributed by atoms with van der Waals surface area (Å²) in [7, 11) is -5.96. The summed E-state index contributed by atoms with van der Waals surface area (Å²) in [5, 5.41) is 0. The van der Waals surface area contributed by atoms with Gasteiger partial charge in [0.1, 0.15) is 12.4 Å². The Balaban J connectivity index is 1.20. The predicted molar refractivity (Wildman–Crippen MR) is 224 cm³/mol. The molecule has 0 aromatic rings. The van der Waals surface area contributed by atoms with Crippen molar-refractivity contribution >= 4 is 48.5 Å². The fourth-order valence-electron chi connectivity index (χ4n) is 13.0. The van der Waals surface area contributed by atoms with E-state index in [1.54, 1.807) is 11.8 Å². The Hall–Kier alpha value is -0.559. The van der Waals surface area contributed by atoms with Crippen LogP contribution in [0.4, 0.5) is 0 Å². The maximum Gasteiger partial charge on any atom is 0.331 e. The average molecular weight is 835 g/mol. The largest absolute Gasteiger partial charge is 0.458 e. The van der Waals surface area contributed by atoms with Crippen molar-refractivity contribution < 1.29 is 37.0 Å². The second kappa shape index (κ2) is 13.7. The van der Waals surface area contributed by atoms with Gasteiger partial charge in [0, 0.05) is 36.5 Å². The number of nitrogens with zero attached hydrogens (tertiary/aromatic N) is 1. The third-order valence-corrected chi connectivity index (χ3v) is 19.6. The fourth-order valence-corrected chi connectivity index (χ4v) is 17.1. The fraction of sp³-hybridized carbons (Fsp3) is 0.902. The maximum absolute atomic E-state index is 12.4. The number of rotatable bonds is 9. The summed E-state index contributed by atoms with van der Waals surface area (Å²) in [6.07, 6.45) is 10.0. The Morgan fingerprint density at radius 1 is 0.891 bits per heavy atom. The Kier molecular flexibility index (Phi) is 10.3. The molecule has 0 aromatic carbocycles. The Morgan fingerprint density at radius 2 is 1.62 bits per heavy atom. The van der Waals surface area contributed by atoms with E-state index >= 15 is 0 Å². The number of nitrogens with two attached hydrogens (primary N) is 1. The normalized spacial score (nSPS) is 46.9. The standard InChI is InChI=1S/C41H70N2O8SSi3/c1-26-20-40(43-34(42)23-52-40)41(51-55(9,10)11)36(48-26)49-32-19-28-12-13-31-30(38(28,21-33(32)50-41)24-46-53(3,4)5)14-16-37(2)29(27-18-35(44)45-22-27)15-17-39(31,37)25-47-54(6,7)8/h18,26,28-33,36H,12-17,19-25H2,1-11H3,(H2,42,43)/t26-,28+,29-,30+,31-,32-,33-,36+,37-,38-,39+,40+,41?/m1/s1. The van der Waals surface area contributed by atoms with E-state index in [0.717, 1.165) is 58.2 Å². The highest BCUT2D eigenvalue weighted by atomic mass is 32.2. The maximum atomic E-state index is 12.4. The molecule has 0 radical (unpaired) electrons. The van der Waals surface area contributed by atoms with E-state index in [1.807, 2.05) is 6.08 Å². The summed E-state index contributed by atoms with van der Waals surface area (Å²) in [4.78, 5) is 16.9. The molecule has 2 saturated heterocycles. The number of amidine groups is 1. The first-order chi connectivity index (χ1) is 25.5. The van der Waals surface area contributed by atoms with E-state index in [0.29, 0.717) is 48.3 Å². The molecule has 4 aliphatic carbocycles. The molecule has 0 aromatic heterocycles. The summed E-state index contributed by atoms with van der Waals surface area (Å²) < 4.78 is 48.6. The van der Waals surface area contributed by atoms with Gasteiger partial charge in [-0.2, -0.15) is 0 Å². The highest BCUT2D eigenvalue weighted by Gasteiger charge is 2.74. The number of aliphatic imine (C=N–C) groups is 1. The molecule has 2 N–H and O–H groups in total. The lowest BCUT2D eigenvalue weighted by Crippen LogP contribution is -2.75. The van der Waals surface area contributed by atoms with Crippen LogP contribution in [0.2, 0.25) is 58.9 Å². The van der Waals surface area contributed by atoms with Gasteiger partial charge in [-0.15, -0.1) is 11.8 Å². The number of esters is 1. The quantitative estimate of drug-likeness (QED) is 0.139. The minimum absolute atomic E-state index is 0.00262. The molecule has 4 aliphatic heterocycles. The van der Waals surface area contributed by atoms with Gasteiger partial charge in [-0.05, 0) is 152 Å². The molecule has 13 atom stereocenters. The smallest absolute Gasteiger partial charge is 0.331 e. The van der Waals surface area contributed by atoms with Crippen molar-refractivity contribution in [1.29, 1.82) is 0 Å². The number of carbonyl (C=O) groups excluding carboxylic acids is 1. The van der Waals surface area contributed by atoms with Gasteiger partial charge in [0.2, 0.25) is 12.1 Å². The summed E-state index contributed by atoms with van der Waals surface area (Å²) in [6, 6.07) is 0. The van der Waals surface area contributed by atoms with E-state index in [2.05, 4.69) is 72.8 Å². The zero-order valence-electron chi connectivity index (χ0n) is 35.6. The van der Waals surface area contributed by atoms with Crippen LogP contribution in [0.3, 0.4) is 0 Å². The molecule has 10 nitrogen and oxygen atoms in total. The molecule has 8 rings (SSSR count). The predicted octanol–water partition coefficient (Wildman–Crippen LogP) is 8.06. The number of hydrogen-bond acceptors (Lipinski definition) is 11. The van der Waals surface area contributed by atoms with Crippen LogP contribution in [0, 0.1) is 39.9 Å². The van der Waals surface area contributed by atoms with Gasteiger partial charge >= 0.3 is 5.97 Å². The highest BCUT2D eigenvalue weighted by Crippen LogP contribution is 2.74. The lowest BCUT2D eigenvalue weighted by atomic mass is 9.39. The molecule has 14 heteroatoms. The average Bonchev–Trinajstić information content (AvgIpc) is 3.75. The molecule has 6 fully saturated rings. The summed E-state index contributed by atoms with van der Waals surface area (Å²) in [5.74, 6) is 1.63. The second-order valence-corrected chi connectivity index (χ2v) is 36.6. The Morgan fingerprint density at radius 3 is 2.25 bits per heavy atom. The molecule has 4 heterocycles. The SMILES string of the molecule is C[C@@H]1C[C@@]2(N=C(N)CS2)C2(O[Si](C)(C)C)O[C@@H]3C[C@@]4(CO[Si](C)(C)C)[C@@H](CC[C@@H]5[C@@H]4CC[C@]4(C)[C@@H](C6=CC(=O)OC6)CC[C@]54CO[Si](C)(C)C)C[C@H]3O[C@@H]2O1. The van der Waals surface area contributed by atoms with Crippen LogP contribution < -0.4 is 5.73 Å². The van der Waals surface area contributed by atoms with Crippen LogP contribution in [-0.4, -0.2) is 97.6 Å². The van der Waals surface area contributed by atoms with E-state index < -0.39 is 41.9 Å². The van der Waals surface area contributed by atoms with Crippen molar-refractivity contribution in [2.45, 2.75) is 166 Å². The van der Waals surface area contributed by atoms with Gasteiger partial charge in [-0.1, -0.05) is 6.92 Å². The molecule has 310 valence electrons. The van der Waals surface area contributed by atoms with E-state index in [1.165, 1.54) is 12.0 Å². The van der Waals surface area contributed by atoms with E-state index in [9.17, 15) is 4.79 Å². The summed E-state index contributed by atoms with van der Waals surface area (Å²) in [6.45, 7) is 27.3. The van der Waals surface area contributed by atoms with Crippen LogP contribution in [0.25, 0.3) is 0 Å². The van der Waals surface area contributed by atoms with Crippen molar-refractivity contribution in [2.75, 3.05) is 25.6 Å². The minimum Gasteiger partial charge on any atom is -0.458 e. The van der Waals surface area contributed by atoms with Crippen molar-refractivity contribution in [3.8, 4) is 0 Å². The first-order valence-corrected chi connectivity index (χ1v) is 32.6. The van der Waals surface area contributed by atoms with Gasteiger partial charge in [0.25, 0.3) is 0 Å². The Bertz CT molecular complexity index is 1600. The molecule has 1 unspecified atom stereocenters. The van der Waals surface area contributed by atoms with Gasteiger partial charge < -0.3 is 38.0 Å².